The van der Waals surface area contributed by atoms with Gasteiger partial charge in [-0.2, -0.15) is 10.5 Å². The van der Waals surface area contributed by atoms with Crippen LogP contribution >= 0.6 is 23.1 Å². The highest BCUT2D eigenvalue weighted by molar-refractivity contribution is 7.99. The van der Waals surface area contributed by atoms with Gasteiger partial charge in [0.2, 0.25) is 5.91 Å². The molecule has 1 aromatic heterocycles. The molecule has 1 aliphatic rings. The molecule has 24 heavy (non-hydrogen) atoms. The smallest absolute Gasteiger partial charge is 0.235 e. The van der Waals surface area contributed by atoms with E-state index in [2.05, 4.69) is 17.5 Å². The van der Waals surface area contributed by atoms with Crippen molar-refractivity contribution in [2.45, 2.75) is 25.0 Å². The van der Waals surface area contributed by atoms with E-state index in [1.807, 2.05) is 12.1 Å². The number of carbonyl (C=O) groups is 1. The number of thiophene rings is 1. The molecular formula is C18H15N3OS2. The maximum Gasteiger partial charge on any atom is 0.235 e. The van der Waals surface area contributed by atoms with Gasteiger partial charge in [-0.1, -0.05) is 12.1 Å². The lowest BCUT2D eigenvalue weighted by Gasteiger charge is -2.04. The van der Waals surface area contributed by atoms with Crippen LogP contribution in [0.5, 0.6) is 0 Å². The lowest BCUT2D eigenvalue weighted by Crippen LogP contribution is -2.14. The highest BCUT2D eigenvalue weighted by Crippen LogP contribution is 2.38. The second-order valence-corrected chi connectivity index (χ2v) is 7.61. The van der Waals surface area contributed by atoms with Gasteiger partial charge in [0, 0.05) is 10.6 Å². The highest BCUT2D eigenvalue weighted by Gasteiger charge is 2.22. The number of fused-ring (bicyclic) bond motifs is 1. The topological polar surface area (TPSA) is 76.7 Å². The molecule has 0 saturated heterocycles. The lowest BCUT2D eigenvalue weighted by atomic mass is 10.1. The first-order chi connectivity index (χ1) is 11.7. The number of hydrogen-bond donors (Lipinski definition) is 1. The Labute approximate surface area is 149 Å². The molecule has 0 unspecified atom stereocenters. The summed E-state index contributed by atoms with van der Waals surface area (Å²) in [5.41, 5.74) is 3.50. The molecule has 0 aliphatic heterocycles. The number of thioether (sulfide) groups is 1. The van der Waals surface area contributed by atoms with Crippen molar-refractivity contribution in [3.05, 3.63) is 51.4 Å². The molecular weight excluding hydrogens is 338 g/mol. The van der Waals surface area contributed by atoms with Gasteiger partial charge in [0.15, 0.2) is 0 Å². The van der Waals surface area contributed by atoms with Crippen molar-refractivity contribution in [3.8, 4) is 12.1 Å². The second-order valence-electron chi connectivity index (χ2n) is 5.52. The summed E-state index contributed by atoms with van der Waals surface area (Å²) < 4.78 is 0. The molecule has 0 spiro atoms. The number of hydrogen-bond acceptors (Lipinski definition) is 5. The summed E-state index contributed by atoms with van der Waals surface area (Å²) in [6, 6.07) is 11.7. The largest absolute Gasteiger partial charge is 0.316 e. The molecule has 4 nitrogen and oxygen atoms in total. The zero-order valence-electron chi connectivity index (χ0n) is 13.0. The van der Waals surface area contributed by atoms with E-state index in [-0.39, 0.29) is 5.91 Å². The number of amides is 1. The second kappa shape index (κ2) is 7.53. The van der Waals surface area contributed by atoms with E-state index in [1.165, 1.54) is 16.6 Å². The van der Waals surface area contributed by atoms with Crippen LogP contribution < -0.4 is 5.32 Å². The third-order valence-electron chi connectivity index (χ3n) is 3.87. The van der Waals surface area contributed by atoms with E-state index in [0.717, 1.165) is 30.4 Å². The molecule has 0 bridgehead atoms. The van der Waals surface area contributed by atoms with Gasteiger partial charge < -0.3 is 5.32 Å². The average molecular weight is 353 g/mol. The van der Waals surface area contributed by atoms with Gasteiger partial charge >= 0.3 is 0 Å². The summed E-state index contributed by atoms with van der Waals surface area (Å²) in [6.45, 7) is 0. The van der Waals surface area contributed by atoms with Crippen LogP contribution in [0.2, 0.25) is 0 Å². The van der Waals surface area contributed by atoms with Crippen molar-refractivity contribution >= 4 is 34.0 Å². The lowest BCUT2D eigenvalue weighted by molar-refractivity contribution is -0.113. The van der Waals surface area contributed by atoms with Crippen LogP contribution in [0.25, 0.3) is 0 Å². The van der Waals surface area contributed by atoms with Gasteiger partial charge in [0.1, 0.15) is 11.1 Å². The van der Waals surface area contributed by atoms with Crippen molar-refractivity contribution in [1.82, 2.24) is 0 Å². The van der Waals surface area contributed by atoms with Crippen molar-refractivity contribution in [3.63, 3.8) is 0 Å². The Bertz CT molecular complexity index is 841. The SMILES string of the molecule is N#Cc1ccc(CSCC(=O)Nc2sc3c(c2C#N)CCC3)cc1. The molecule has 1 aliphatic carbocycles. The van der Waals surface area contributed by atoms with E-state index in [0.29, 0.717) is 27.6 Å². The fourth-order valence-corrected chi connectivity index (χ4v) is 4.75. The van der Waals surface area contributed by atoms with Crippen molar-refractivity contribution in [2.24, 2.45) is 0 Å². The van der Waals surface area contributed by atoms with Crippen LogP contribution in [0.3, 0.4) is 0 Å². The zero-order chi connectivity index (χ0) is 16.9. The predicted octanol–water partition coefficient (Wildman–Crippen LogP) is 3.85. The summed E-state index contributed by atoms with van der Waals surface area (Å²) in [5.74, 6) is 0.976. The molecule has 1 N–H and O–H groups in total. The maximum atomic E-state index is 12.1. The molecule has 3 rings (SSSR count). The number of rotatable bonds is 5. The molecule has 0 radical (unpaired) electrons. The van der Waals surface area contributed by atoms with E-state index < -0.39 is 0 Å². The monoisotopic (exact) mass is 353 g/mol. The fourth-order valence-electron chi connectivity index (χ4n) is 2.71. The highest BCUT2D eigenvalue weighted by atomic mass is 32.2. The van der Waals surface area contributed by atoms with E-state index in [1.54, 1.807) is 23.5 Å². The number of nitriles is 2. The summed E-state index contributed by atoms with van der Waals surface area (Å²) in [4.78, 5) is 13.4. The minimum Gasteiger partial charge on any atom is -0.316 e. The Hall–Kier alpha value is -2.28. The van der Waals surface area contributed by atoms with E-state index in [9.17, 15) is 10.1 Å². The van der Waals surface area contributed by atoms with Crippen LogP contribution in [0.1, 0.15) is 33.6 Å². The molecule has 2 aromatic rings. The Kier molecular flexibility index (Phi) is 5.20. The van der Waals surface area contributed by atoms with Crippen LogP contribution in [-0.2, 0) is 23.4 Å². The molecule has 1 amide bonds. The summed E-state index contributed by atoms with van der Waals surface area (Å²) in [6.07, 6.45) is 3.06. The summed E-state index contributed by atoms with van der Waals surface area (Å²) >= 11 is 3.06. The normalized spacial score (nSPS) is 12.2. The minimum absolute atomic E-state index is 0.0786. The molecule has 0 atom stereocenters. The number of aryl methyl sites for hydroxylation is 1. The van der Waals surface area contributed by atoms with E-state index in [4.69, 9.17) is 5.26 Å². The Morgan fingerprint density at radius 2 is 2.00 bits per heavy atom. The van der Waals surface area contributed by atoms with E-state index >= 15 is 0 Å². The summed E-state index contributed by atoms with van der Waals surface area (Å²) in [5, 5.41) is 21.7. The zero-order valence-corrected chi connectivity index (χ0v) is 14.6. The fraction of sp³-hybridized carbons (Fsp3) is 0.278. The molecule has 0 fully saturated rings. The number of anilines is 1. The molecule has 120 valence electrons. The number of nitrogens with one attached hydrogen (secondary N) is 1. The van der Waals surface area contributed by atoms with Crippen LogP contribution in [-0.4, -0.2) is 11.7 Å². The Morgan fingerprint density at radius 1 is 1.21 bits per heavy atom. The van der Waals surface area contributed by atoms with Gasteiger partial charge in [-0.3, -0.25) is 4.79 Å². The Morgan fingerprint density at radius 3 is 2.71 bits per heavy atom. The van der Waals surface area contributed by atoms with Gasteiger partial charge in [-0.15, -0.1) is 23.1 Å². The van der Waals surface area contributed by atoms with Crippen LogP contribution in [0.4, 0.5) is 5.00 Å². The molecule has 6 heteroatoms. The maximum absolute atomic E-state index is 12.1. The number of nitrogens with zero attached hydrogens (tertiary/aromatic N) is 2. The first-order valence-corrected chi connectivity index (χ1v) is 9.59. The van der Waals surface area contributed by atoms with Crippen LogP contribution in [0.15, 0.2) is 24.3 Å². The predicted molar refractivity (Wildman–Crippen MR) is 97.0 cm³/mol. The van der Waals surface area contributed by atoms with Crippen molar-refractivity contribution in [1.29, 1.82) is 10.5 Å². The quantitative estimate of drug-likeness (QED) is 0.886. The first-order valence-electron chi connectivity index (χ1n) is 7.62. The van der Waals surface area contributed by atoms with Gasteiger partial charge in [-0.25, -0.2) is 0 Å². The summed E-state index contributed by atoms with van der Waals surface area (Å²) in [7, 11) is 0. The molecule has 1 heterocycles. The number of carbonyl (C=O) groups excluding carboxylic acids is 1. The Balaban J connectivity index is 1.53. The van der Waals surface area contributed by atoms with Gasteiger partial charge in [-0.05, 0) is 42.5 Å². The molecule has 0 saturated carbocycles. The number of benzene rings is 1. The van der Waals surface area contributed by atoms with Gasteiger partial charge in [0.05, 0.1) is 22.9 Å². The third-order valence-corrected chi connectivity index (χ3v) is 6.08. The van der Waals surface area contributed by atoms with Crippen LogP contribution in [0, 0.1) is 22.7 Å². The standard InChI is InChI=1S/C18H15N3OS2/c19-8-12-4-6-13(7-5-12)10-23-11-17(22)21-18-15(9-20)14-2-1-3-16(14)24-18/h4-7H,1-3,10-11H2,(H,21,22). The average Bonchev–Trinajstić information content (AvgIpc) is 3.16. The van der Waals surface area contributed by atoms with Gasteiger partial charge in [0.25, 0.3) is 0 Å². The first kappa shape index (κ1) is 16.6. The third kappa shape index (κ3) is 3.62. The van der Waals surface area contributed by atoms with Crippen molar-refractivity contribution in [2.75, 3.05) is 11.1 Å². The minimum atomic E-state index is -0.0786. The van der Waals surface area contributed by atoms with Crippen molar-refractivity contribution < 1.29 is 4.79 Å². The molecule has 1 aromatic carbocycles.